The summed E-state index contributed by atoms with van der Waals surface area (Å²) in [7, 11) is 1.71. The van der Waals surface area contributed by atoms with E-state index in [1.165, 1.54) is 22.0 Å². The number of rotatable bonds is 4. The summed E-state index contributed by atoms with van der Waals surface area (Å²) in [5, 5.41) is 1.23. The fourth-order valence-electron chi connectivity index (χ4n) is 2.62. The quantitative estimate of drug-likeness (QED) is 0.788. The highest BCUT2D eigenvalue weighted by Gasteiger charge is 2.07. The minimum absolute atomic E-state index is 0.565. The van der Waals surface area contributed by atoms with E-state index in [1.54, 1.807) is 7.11 Å². The Labute approximate surface area is 118 Å². The second kappa shape index (κ2) is 5.39. The molecule has 2 N–H and O–H groups in total. The molecule has 0 atom stereocenters. The van der Waals surface area contributed by atoms with E-state index in [9.17, 15) is 0 Å². The third-order valence-corrected chi connectivity index (χ3v) is 3.66. The largest absolute Gasteiger partial charge is 0.496 e. The summed E-state index contributed by atoms with van der Waals surface area (Å²) in [6, 6.07) is 16.5. The summed E-state index contributed by atoms with van der Waals surface area (Å²) in [5.41, 5.74) is 9.36. The molecule has 0 aliphatic rings. The smallest absolute Gasteiger partial charge is 0.123 e. The third-order valence-electron chi connectivity index (χ3n) is 3.66. The van der Waals surface area contributed by atoms with Crippen LogP contribution in [0.3, 0.4) is 0 Å². The molecule has 0 unspecified atom stereocenters. The van der Waals surface area contributed by atoms with Crippen molar-refractivity contribution in [2.45, 2.75) is 13.1 Å². The predicted molar refractivity (Wildman–Crippen MR) is 81.9 cm³/mol. The van der Waals surface area contributed by atoms with Gasteiger partial charge >= 0.3 is 0 Å². The number of methoxy groups -OCH3 is 1. The summed E-state index contributed by atoms with van der Waals surface area (Å²) in [4.78, 5) is 0. The average Bonchev–Trinajstić information content (AvgIpc) is 2.91. The average molecular weight is 266 g/mol. The second-order valence-corrected chi connectivity index (χ2v) is 4.81. The standard InChI is InChI=1S/C17H18N2O/c1-20-17-8-3-2-5-14(17)12-19-10-9-15-13(11-18)6-4-7-16(15)19/h2-10H,11-12,18H2,1H3. The number of nitrogens with zero attached hydrogens (tertiary/aromatic N) is 1. The fourth-order valence-corrected chi connectivity index (χ4v) is 2.62. The van der Waals surface area contributed by atoms with Crippen LogP contribution in [0.15, 0.2) is 54.7 Å². The van der Waals surface area contributed by atoms with Crippen molar-refractivity contribution in [3.8, 4) is 5.75 Å². The SMILES string of the molecule is COc1ccccc1Cn1ccc2c(CN)cccc21. The van der Waals surface area contributed by atoms with E-state index in [0.717, 1.165) is 12.3 Å². The Morgan fingerprint density at radius 3 is 2.60 bits per heavy atom. The number of aromatic nitrogens is 1. The molecule has 0 fully saturated rings. The van der Waals surface area contributed by atoms with Crippen LogP contribution < -0.4 is 10.5 Å². The Morgan fingerprint density at radius 2 is 1.80 bits per heavy atom. The van der Waals surface area contributed by atoms with E-state index < -0.39 is 0 Å². The van der Waals surface area contributed by atoms with Gasteiger partial charge in [-0.05, 0) is 23.8 Å². The van der Waals surface area contributed by atoms with E-state index in [-0.39, 0.29) is 0 Å². The van der Waals surface area contributed by atoms with Crippen LogP contribution in [-0.4, -0.2) is 11.7 Å². The molecule has 1 heterocycles. The summed E-state index contributed by atoms with van der Waals surface area (Å²) < 4.78 is 7.65. The van der Waals surface area contributed by atoms with E-state index >= 15 is 0 Å². The van der Waals surface area contributed by atoms with Gasteiger partial charge in [0.1, 0.15) is 5.75 Å². The Hall–Kier alpha value is -2.26. The van der Waals surface area contributed by atoms with E-state index in [1.807, 2.05) is 18.2 Å². The van der Waals surface area contributed by atoms with Crippen LogP contribution in [-0.2, 0) is 13.1 Å². The molecule has 0 saturated heterocycles. The Bertz CT molecular complexity index is 731. The first kappa shape index (κ1) is 12.8. The van der Waals surface area contributed by atoms with Crippen molar-refractivity contribution >= 4 is 10.9 Å². The van der Waals surface area contributed by atoms with Gasteiger partial charge in [-0.1, -0.05) is 30.3 Å². The van der Waals surface area contributed by atoms with Gasteiger partial charge in [0.05, 0.1) is 13.7 Å². The second-order valence-electron chi connectivity index (χ2n) is 4.81. The molecule has 0 spiro atoms. The molecule has 0 aliphatic heterocycles. The van der Waals surface area contributed by atoms with Gasteiger partial charge in [0, 0.05) is 29.2 Å². The molecular weight excluding hydrogens is 248 g/mol. The maximum absolute atomic E-state index is 5.79. The monoisotopic (exact) mass is 266 g/mol. The number of nitrogens with two attached hydrogens (primary N) is 1. The maximum atomic E-state index is 5.79. The highest BCUT2D eigenvalue weighted by atomic mass is 16.5. The first-order chi connectivity index (χ1) is 9.83. The van der Waals surface area contributed by atoms with Gasteiger partial charge in [0.2, 0.25) is 0 Å². The highest BCUT2D eigenvalue weighted by Crippen LogP contribution is 2.24. The minimum Gasteiger partial charge on any atom is -0.496 e. The predicted octanol–water partition coefficient (Wildman–Crippen LogP) is 3.16. The summed E-state index contributed by atoms with van der Waals surface area (Å²) in [5.74, 6) is 0.921. The number of hydrogen-bond donors (Lipinski definition) is 1. The van der Waals surface area contributed by atoms with Crippen molar-refractivity contribution in [2.75, 3.05) is 7.11 Å². The van der Waals surface area contributed by atoms with Crippen LogP contribution in [0.25, 0.3) is 10.9 Å². The number of para-hydroxylation sites is 1. The lowest BCUT2D eigenvalue weighted by atomic mass is 10.1. The lowest BCUT2D eigenvalue weighted by Crippen LogP contribution is -2.01. The summed E-state index contributed by atoms with van der Waals surface area (Å²) >= 11 is 0. The first-order valence-corrected chi connectivity index (χ1v) is 6.72. The molecule has 3 nitrogen and oxygen atoms in total. The number of benzene rings is 2. The van der Waals surface area contributed by atoms with Crippen molar-refractivity contribution in [3.05, 3.63) is 65.9 Å². The van der Waals surface area contributed by atoms with Crippen molar-refractivity contribution in [3.63, 3.8) is 0 Å². The van der Waals surface area contributed by atoms with Gasteiger partial charge in [0.25, 0.3) is 0 Å². The lowest BCUT2D eigenvalue weighted by Gasteiger charge is -2.10. The fraction of sp³-hybridized carbons (Fsp3) is 0.176. The van der Waals surface area contributed by atoms with Gasteiger partial charge < -0.3 is 15.0 Å². The number of fused-ring (bicyclic) bond motifs is 1. The zero-order chi connectivity index (χ0) is 13.9. The zero-order valence-electron chi connectivity index (χ0n) is 11.5. The van der Waals surface area contributed by atoms with E-state index in [4.69, 9.17) is 10.5 Å². The van der Waals surface area contributed by atoms with Gasteiger partial charge in [-0.15, -0.1) is 0 Å². The molecule has 0 aliphatic carbocycles. The third kappa shape index (κ3) is 2.17. The van der Waals surface area contributed by atoms with Crippen molar-refractivity contribution in [1.82, 2.24) is 4.57 Å². The van der Waals surface area contributed by atoms with Crippen LogP contribution in [0.1, 0.15) is 11.1 Å². The number of ether oxygens (including phenoxy) is 1. The first-order valence-electron chi connectivity index (χ1n) is 6.72. The van der Waals surface area contributed by atoms with E-state index in [0.29, 0.717) is 6.54 Å². The van der Waals surface area contributed by atoms with Crippen LogP contribution in [0.2, 0.25) is 0 Å². The summed E-state index contributed by atoms with van der Waals surface area (Å²) in [6.45, 7) is 1.36. The van der Waals surface area contributed by atoms with Gasteiger partial charge in [0.15, 0.2) is 0 Å². The topological polar surface area (TPSA) is 40.2 Å². The van der Waals surface area contributed by atoms with Crippen LogP contribution >= 0.6 is 0 Å². The molecule has 3 rings (SSSR count). The zero-order valence-corrected chi connectivity index (χ0v) is 11.5. The molecule has 3 aromatic rings. The van der Waals surface area contributed by atoms with E-state index in [2.05, 4.69) is 41.1 Å². The van der Waals surface area contributed by atoms with Gasteiger partial charge in [-0.3, -0.25) is 0 Å². The van der Waals surface area contributed by atoms with Crippen molar-refractivity contribution in [2.24, 2.45) is 5.73 Å². The molecule has 20 heavy (non-hydrogen) atoms. The molecule has 1 aromatic heterocycles. The molecule has 0 bridgehead atoms. The molecule has 0 saturated carbocycles. The molecule has 0 amide bonds. The molecule has 2 aromatic carbocycles. The van der Waals surface area contributed by atoms with Crippen LogP contribution in [0.4, 0.5) is 0 Å². The normalized spacial score (nSPS) is 10.9. The van der Waals surface area contributed by atoms with Crippen molar-refractivity contribution in [1.29, 1.82) is 0 Å². The lowest BCUT2D eigenvalue weighted by molar-refractivity contribution is 0.408. The molecule has 0 radical (unpaired) electrons. The van der Waals surface area contributed by atoms with Gasteiger partial charge in [-0.25, -0.2) is 0 Å². The summed E-state index contributed by atoms with van der Waals surface area (Å²) in [6.07, 6.45) is 2.11. The molecular formula is C17H18N2O. The Kier molecular flexibility index (Phi) is 3.44. The van der Waals surface area contributed by atoms with Crippen molar-refractivity contribution < 1.29 is 4.74 Å². The molecule has 102 valence electrons. The Morgan fingerprint density at radius 1 is 1.00 bits per heavy atom. The molecule has 3 heteroatoms. The van der Waals surface area contributed by atoms with Crippen LogP contribution in [0.5, 0.6) is 5.75 Å². The van der Waals surface area contributed by atoms with Crippen LogP contribution in [0, 0.1) is 0 Å². The Balaban J connectivity index is 2.03. The maximum Gasteiger partial charge on any atom is 0.123 e. The number of hydrogen-bond acceptors (Lipinski definition) is 2. The minimum atomic E-state index is 0.565. The van der Waals surface area contributed by atoms with Gasteiger partial charge in [-0.2, -0.15) is 0 Å². The highest BCUT2D eigenvalue weighted by molar-refractivity contribution is 5.83.